The summed E-state index contributed by atoms with van der Waals surface area (Å²) < 4.78 is 7.32. The van der Waals surface area contributed by atoms with Crippen LogP contribution in [0.2, 0.25) is 5.02 Å². The number of imidazole rings is 1. The molecule has 30 heavy (non-hydrogen) atoms. The fourth-order valence-corrected chi connectivity index (χ4v) is 4.27. The van der Waals surface area contributed by atoms with Gasteiger partial charge in [0.1, 0.15) is 0 Å². The van der Waals surface area contributed by atoms with E-state index in [4.69, 9.17) is 21.3 Å². The second kappa shape index (κ2) is 8.48. The van der Waals surface area contributed by atoms with Crippen LogP contribution < -0.4 is 4.90 Å². The third-order valence-corrected chi connectivity index (χ3v) is 5.65. The first kappa shape index (κ1) is 20.4. The number of unbranched alkanes of at least 4 members (excludes halogenated alkanes) is 1. The van der Waals surface area contributed by atoms with Gasteiger partial charge in [-0.25, -0.2) is 4.98 Å². The number of anilines is 1. The highest BCUT2D eigenvalue weighted by atomic mass is 35.5. The summed E-state index contributed by atoms with van der Waals surface area (Å²) in [6, 6.07) is 14.4. The van der Waals surface area contributed by atoms with Crippen LogP contribution in [0.15, 0.2) is 48.5 Å². The molecule has 1 aromatic heterocycles. The summed E-state index contributed by atoms with van der Waals surface area (Å²) in [5.41, 5.74) is 2.41. The Morgan fingerprint density at radius 2 is 1.97 bits per heavy atom. The molecule has 7 heteroatoms. The van der Waals surface area contributed by atoms with Gasteiger partial charge in [-0.3, -0.25) is 14.5 Å². The van der Waals surface area contributed by atoms with E-state index in [0.717, 1.165) is 29.4 Å². The predicted molar refractivity (Wildman–Crippen MR) is 117 cm³/mol. The quantitative estimate of drug-likeness (QED) is 0.427. The van der Waals surface area contributed by atoms with E-state index in [-0.39, 0.29) is 12.5 Å². The van der Waals surface area contributed by atoms with Crippen molar-refractivity contribution in [1.82, 2.24) is 9.55 Å². The van der Waals surface area contributed by atoms with E-state index < -0.39 is 17.9 Å². The zero-order chi connectivity index (χ0) is 21.3. The van der Waals surface area contributed by atoms with E-state index in [1.807, 2.05) is 41.0 Å². The molecular formula is C23H24ClN3O3. The van der Waals surface area contributed by atoms with Crippen LogP contribution in [0.25, 0.3) is 11.0 Å². The lowest BCUT2D eigenvalue weighted by atomic mass is 9.89. The van der Waals surface area contributed by atoms with Crippen molar-refractivity contribution in [2.24, 2.45) is 5.92 Å². The number of amides is 1. The second-order valence-corrected chi connectivity index (χ2v) is 7.78. The van der Waals surface area contributed by atoms with Gasteiger partial charge in [-0.2, -0.15) is 0 Å². The number of carbonyl (C=O) groups is 2. The van der Waals surface area contributed by atoms with Crippen LogP contribution in [0.1, 0.15) is 38.3 Å². The maximum absolute atomic E-state index is 13.6. The molecule has 0 radical (unpaired) electrons. The number of hydrogen-bond acceptors (Lipinski definition) is 4. The summed E-state index contributed by atoms with van der Waals surface area (Å²) in [5.74, 6) is -1.27. The van der Waals surface area contributed by atoms with Gasteiger partial charge >= 0.3 is 5.97 Å². The molecule has 1 aliphatic rings. The lowest BCUT2D eigenvalue weighted by Crippen LogP contribution is -2.50. The number of rotatable bonds is 6. The van der Waals surface area contributed by atoms with Gasteiger partial charge in [-0.1, -0.05) is 49.2 Å². The lowest BCUT2D eigenvalue weighted by molar-refractivity contribution is -0.153. The molecule has 0 fully saturated rings. The summed E-state index contributed by atoms with van der Waals surface area (Å²) in [4.78, 5) is 33.0. The van der Waals surface area contributed by atoms with Gasteiger partial charge in [0.15, 0.2) is 5.92 Å². The molecule has 6 nitrogen and oxygen atoms in total. The average molecular weight is 426 g/mol. The van der Waals surface area contributed by atoms with Crippen molar-refractivity contribution in [3.63, 3.8) is 0 Å². The number of benzene rings is 2. The van der Waals surface area contributed by atoms with Crippen molar-refractivity contribution in [1.29, 1.82) is 0 Å². The molecule has 0 spiro atoms. The zero-order valence-electron chi connectivity index (χ0n) is 17.0. The Morgan fingerprint density at radius 3 is 2.70 bits per heavy atom. The number of fused-ring (bicyclic) bond motifs is 3. The SMILES string of the molecule is CCCCN1C(=O)[C@H](C(=O)OCC)[C@H](c2cccc(Cl)c2)n2c1nc1ccccc12. The van der Waals surface area contributed by atoms with Crippen LogP contribution in [0.3, 0.4) is 0 Å². The molecule has 3 aromatic rings. The van der Waals surface area contributed by atoms with Crippen molar-refractivity contribution in [2.45, 2.75) is 32.7 Å². The molecule has 1 amide bonds. The highest BCUT2D eigenvalue weighted by Gasteiger charge is 2.47. The van der Waals surface area contributed by atoms with Gasteiger partial charge in [0, 0.05) is 11.6 Å². The van der Waals surface area contributed by atoms with Gasteiger partial charge in [-0.15, -0.1) is 0 Å². The number of aromatic nitrogens is 2. The van der Waals surface area contributed by atoms with Crippen LogP contribution in [0, 0.1) is 5.92 Å². The van der Waals surface area contributed by atoms with Gasteiger partial charge in [0.25, 0.3) is 0 Å². The Balaban J connectivity index is 1.98. The topological polar surface area (TPSA) is 64.4 Å². The Bertz CT molecular complexity index is 1090. The first-order valence-corrected chi connectivity index (χ1v) is 10.6. The molecule has 0 aliphatic carbocycles. The summed E-state index contributed by atoms with van der Waals surface area (Å²) >= 11 is 6.27. The number of para-hydroxylation sites is 2. The number of carbonyl (C=O) groups excluding carboxylic acids is 2. The van der Waals surface area contributed by atoms with Crippen molar-refractivity contribution < 1.29 is 14.3 Å². The minimum Gasteiger partial charge on any atom is -0.465 e. The van der Waals surface area contributed by atoms with Gasteiger partial charge in [-0.05, 0) is 43.2 Å². The zero-order valence-corrected chi connectivity index (χ0v) is 17.8. The van der Waals surface area contributed by atoms with Crippen molar-refractivity contribution in [3.05, 3.63) is 59.1 Å². The molecule has 1 aliphatic heterocycles. The van der Waals surface area contributed by atoms with Crippen LogP contribution in [-0.2, 0) is 14.3 Å². The van der Waals surface area contributed by atoms with E-state index in [2.05, 4.69) is 6.92 Å². The number of esters is 1. The fraction of sp³-hybridized carbons (Fsp3) is 0.348. The third-order valence-electron chi connectivity index (χ3n) is 5.41. The van der Waals surface area contributed by atoms with Crippen LogP contribution in [0.4, 0.5) is 5.95 Å². The molecule has 0 N–H and O–H groups in total. The van der Waals surface area contributed by atoms with Crippen molar-refractivity contribution in [3.8, 4) is 0 Å². The predicted octanol–water partition coefficient (Wildman–Crippen LogP) is 4.61. The van der Waals surface area contributed by atoms with E-state index >= 15 is 0 Å². The summed E-state index contributed by atoms with van der Waals surface area (Å²) in [5, 5.41) is 0.543. The summed E-state index contributed by atoms with van der Waals surface area (Å²) in [7, 11) is 0. The molecular weight excluding hydrogens is 402 g/mol. The molecule has 2 aromatic carbocycles. The second-order valence-electron chi connectivity index (χ2n) is 7.34. The third kappa shape index (κ3) is 3.45. The molecule has 2 heterocycles. The first-order valence-electron chi connectivity index (χ1n) is 10.3. The fourth-order valence-electron chi connectivity index (χ4n) is 4.07. The van der Waals surface area contributed by atoms with E-state index in [0.29, 0.717) is 17.5 Å². The molecule has 0 saturated heterocycles. The molecule has 0 saturated carbocycles. The molecule has 156 valence electrons. The van der Waals surface area contributed by atoms with Crippen molar-refractivity contribution >= 4 is 40.5 Å². The Kier molecular flexibility index (Phi) is 5.77. The number of hydrogen-bond donors (Lipinski definition) is 0. The van der Waals surface area contributed by atoms with Crippen LogP contribution in [-0.4, -0.2) is 34.6 Å². The van der Waals surface area contributed by atoms with Crippen molar-refractivity contribution in [2.75, 3.05) is 18.1 Å². The van der Waals surface area contributed by atoms with Gasteiger partial charge in [0.05, 0.1) is 23.7 Å². The van der Waals surface area contributed by atoms with E-state index in [1.165, 1.54) is 0 Å². The monoisotopic (exact) mass is 425 g/mol. The largest absolute Gasteiger partial charge is 0.465 e. The Hall–Kier alpha value is -2.86. The highest BCUT2D eigenvalue weighted by Crippen LogP contribution is 2.41. The maximum Gasteiger partial charge on any atom is 0.321 e. The smallest absolute Gasteiger partial charge is 0.321 e. The Labute approximate surface area is 180 Å². The Morgan fingerprint density at radius 1 is 1.17 bits per heavy atom. The molecule has 0 bridgehead atoms. The highest BCUT2D eigenvalue weighted by molar-refractivity contribution is 6.30. The number of ether oxygens (including phenoxy) is 1. The summed E-state index contributed by atoms with van der Waals surface area (Å²) in [6.45, 7) is 4.51. The van der Waals surface area contributed by atoms with Crippen LogP contribution >= 0.6 is 11.6 Å². The van der Waals surface area contributed by atoms with E-state index in [9.17, 15) is 9.59 Å². The van der Waals surface area contributed by atoms with Gasteiger partial charge < -0.3 is 9.30 Å². The minimum atomic E-state index is -1.01. The molecule has 4 rings (SSSR count). The lowest BCUT2D eigenvalue weighted by Gasteiger charge is -2.38. The first-order chi connectivity index (χ1) is 14.6. The number of halogens is 1. The maximum atomic E-state index is 13.6. The standard InChI is InChI=1S/C23H24ClN3O3/c1-3-5-13-26-21(28)19(22(29)30-4-2)20(15-9-8-10-16(24)14-15)27-18-12-7-6-11-17(18)25-23(26)27/h6-12,14,19-20H,3-5,13H2,1-2H3/t19-,20+/m1/s1. The molecule has 0 unspecified atom stereocenters. The summed E-state index contributed by atoms with van der Waals surface area (Å²) in [6.07, 6.45) is 1.73. The van der Waals surface area contributed by atoms with Crippen LogP contribution in [0.5, 0.6) is 0 Å². The minimum absolute atomic E-state index is 0.206. The van der Waals surface area contributed by atoms with Gasteiger partial charge in [0.2, 0.25) is 11.9 Å². The average Bonchev–Trinajstić information content (AvgIpc) is 3.11. The molecule has 2 atom stereocenters. The number of nitrogens with zero attached hydrogens (tertiary/aromatic N) is 3. The van der Waals surface area contributed by atoms with E-state index in [1.54, 1.807) is 24.0 Å². The normalized spacial score (nSPS) is 18.5.